The van der Waals surface area contributed by atoms with Gasteiger partial charge in [0.2, 0.25) is 0 Å². The molecule has 0 heterocycles. The van der Waals surface area contributed by atoms with E-state index in [9.17, 15) is 0 Å². The molecule has 16 heavy (non-hydrogen) atoms. The van der Waals surface area contributed by atoms with Crippen molar-refractivity contribution in [2.24, 2.45) is 11.3 Å². The first-order valence-corrected chi connectivity index (χ1v) is 7.12. The van der Waals surface area contributed by atoms with Crippen molar-refractivity contribution >= 4 is 0 Å². The molecular formula is C14H27NO. The maximum Gasteiger partial charge on any atom is 0.0436 e. The molecule has 2 N–H and O–H groups in total. The highest BCUT2D eigenvalue weighted by molar-refractivity contribution is 4.91. The lowest BCUT2D eigenvalue weighted by molar-refractivity contribution is 0.0827. The Kier molecular flexibility index (Phi) is 4.26. The van der Waals surface area contributed by atoms with E-state index in [0.29, 0.717) is 12.0 Å². The Morgan fingerprint density at radius 2 is 2.12 bits per heavy atom. The lowest BCUT2D eigenvalue weighted by atomic mass is 9.66. The SMILES string of the molecule is CCC1CCC(NCC2(CCO)CCC2)C1. The molecule has 0 bridgehead atoms. The number of hydrogen-bond donors (Lipinski definition) is 2. The largest absolute Gasteiger partial charge is 0.396 e. The summed E-state index contributed by atoms with van der Waals surface area (Å²) in [6, 6.07) is 0.765. The Morgan fingerprint density at radius 1 is 1.31 bits per heavy atom. The second kappa shape index (κ2) is 5.50. The highest BCUT2D eigenvalue weighted by Crippen LogP contribution is 2.43. The quantitative estimate of drug-likeness (QED) is 0.728. The molecule has 2 atom stereocenters. The van der Waals surface area contributed by atoms with Gasteiger partial charge in [0, 0.05) is 19.2 Å². The summed E-state index contributed by atoms with van der Waals surface area (Å²) < 4.78 is 0. The van der Waals surface area contributed by atoms with Gasteiger partial charge in [-0.05, 0) is 49.9 Å². The fourth-order valence-corrected chi connectivity index (χ4v) is 3.42. The van der Waals surface area contributed by atoms with Crippen molar-refractivity contribution in [2.75, 3.05) is 13.2 Å². The monoisotopic (exact) mass is 225 g/mol. The molecule has 2 aliphatic carbocycles. The van der Waals surface area contributed by atoms with Crippen molar-refractivity contribution in [3.8, 4) is 0 Å². The molecule has 0 saturated heterocycles. The molecule has 94 valence electrons. The summed E-state index contributed by atoms with van der Waals surface area (Å²) in [4.78, 5) is 0. The van der Waals surface area contributed by atoms with Gasteiger partial charge in [0.15, 0.2) is 0 Å². The van der Waals surface area contributed by atoms with E-state index in [0.717, 1.165) is 24.9 Å². The van der Waals surface area contributed by atoms with Crippen LogP contribution in [0.2, 0.25) is 0 Å². The lowest BCUT2D eigenvalue weighted by Gasteiger charge is -2.42. The van der Waals surface area contributed by atoms with Crippen LogP contribution in [0.4, 0.5) is 0 Å². The van der Waals surface area contributed by atoms with E-state index in [4.69, 9.17) is 5.11 Å². The Bertz CT molecular complexity index is 213. The summed E-state index contributed by atoms with van der Waals surface area (Å²) in [5.41, 5.74) is 0.457. The highest BCUT2D eigenvalue weighted by atomic mass is 16.3. The molecule has 2 fully saturated rings. The predicted octanol–water partition coefficient (Wildman–Crippen LogP) is 2.71. The molecule has 2 rings (SSSR count). The lowest BCUT2D eigenvalue weighted by Crippen LogP contribution is -2.43. The topological polar surface area (TPSA) is 32.3 Å². The van der Waals surface area contributed by atoms with Crippen molar-refractivity contribution in [3.05, 3.63) is 0 Å². The average Bonchev–Trinajstić information content (AvgIpc) is 2.70. The second-order valence-corrected chi connectivity index (χ2v) is 5.99. The normalized spacial score (nSPS) is 32.6. The molecule has 2 aliphatic rings. The third-order valence-electron chi connectivity index (χ3n) is 4.94. The predicted molar refractivity (Wildman–Crippen MR) is 67.4 cm³/mol. The molecule has 2 saturated carbocycles. The molecule has 0 aliphatic heterocycles. The van der Waals surface area contributed by atoms with Gasteiger partial charge in [0.05, 0.1) is 0 Å². The van der Waals surface area contributed by atoms with Gasteiger partial charge in [-0.25, -0.2) is 0 Å². The third kappa shape index (κ3) is 2.78. The minimum absolute atomic E-state index is 0.365. The van der Waals surface area contributed by atoms with E-state index < -0.39 is 0 Å². The van der Waals surface area contributed by atoms with Crippen LogP contribution in [0.3, 0.4) is 0 Å². The van der Waals surface area contributed by atoms with Crippen molar-refractivity contribution in [1.29, 1.82) is 0 Å². The molecule has 0 aromatic carbocycles. The van der Waals surface area contributed by atoms with Crippen LogP contribution in [0.5, 0.6) is 0 Å². The van der Waals surface area contributed by atoms with Crippen molar-refractivity contribution in [1.82, 2.24) is 5.32 Å². The molecule has 2 heteroatoms. The smallest absolute Gasteiger partial charge is 0.0436 e. The van der Waals surface area contributed by atoms with E-state index in [1.54, 1.807) is 0 Å². The first-order chi connectivity index (χ1) is 7.78. The van der Waals surface area contributed by atoms with Crippen LogP contribution < -0.4 is 5.32 Å². The van der Waals surface area contributed by atoms with Gasteiger partial charge in [-0.2, -0.15) is 0 Å². The van der Waals surface area contributed by atoms with E-state index in [1.165, 1.54) is 44.9 Å². The standard InChI is InChI=1S/C14H27NO/c1-2-12-4-5-13(10-12)15-11-14(8-9-16)6-3-7-14/h12-13,15-16H,2-11H2,1H3. The maximum absolute atomic E-state index is 9.11. The van der Waals surface area contributed by atoms with Crippen LogP contribution in [-0.4, -0.2) is 24.3 Å². The van der Waals surface area contributed by atoms with Crippen LogP contribution in [0, 0.1) is 11.3 Å². The average molecular weight is 225 g/mol. The van der Waals surface area contributed by atoms with Crippen LogP contribution >= 0.6 is 0 Å². The Balaban J connectivity index is 1.70. The number of aliphatic hydroxyl groups is 1. The summed E-state index contributed by atoms with van der Waals surface area (Å²) in [6.45, 7) is 3.82. The maximum atomic E-state index is 9.11. The molecule has 0 aromatic heterocycles. The number of nitrogens with one attached hydrogen (secondary N) is 1. The highest BCUT2D eigenvalue weighted by Gasteiger charge is 2.37. The minimum Gasteiger partial charge on any atom is -0.396 e. The van der Waals surface area contributed by atoms with E-state index in [-0.39, 0.29) is 0 Å². The summed E-state index contributed by atoms with van der Waals surface area (Å²) in [7, 11) is 0. The van der Waals surface area contributed by atoms with Gasteiger partial charge in [0.25, 0.3) is 0 Å². The molecular weight excluding hydrogens is 198 g/mol. The van der Waals surface area contributed by atoms with Crippen LogP contribution in [0.25, 0.3) is 0 Å². The van der Waals surface area contributed by atoms with E-state index in [2.05, 4.69) is 12.2 Å². The van der Waals surface area contributed by atoms with Gasteiger partial charge in [-0.15, -0.1) is 0 Å². The van der Waals surface area contributed by atoms with Gasteiger partial charge < -0.3 is 10.4 Å². The van der Waals surface area contributed by atoms with Gasteiger partial charge in [0.1, 0.15) is 0 Å². The van der Waals surface area contributed by atoms with Crippen molar-refractivity contribution < 1.29 is 5.11 Å². The van der Waals surface area contributed by atoms with Gasteiger partial charge in [-0.1, -0.05) is 19.8 Å². The van der Waals surface area contributed by atoms with Crippen molar-refractivity contribution in [3.63, 3.8) is 0 Å². The molecule has 2 unspecified atom stereocenters. The zero-order chi connectivity index (χ0) is 11.4. The fourth-order valence-electron chi connectivity index (χ4n) is 3.42. The van der Waals surface area contributed by atoms with E-state index >= 15 is 0 Å². The summed E-state index contributed by atoms with van der Waals surface area (Å²) in [5.74, 6) is 0.965. The van der Waals surface area contributed by atoms with Crippen LogP contribution in [0.15, 0.2) is 0 Å². The Labute approximate surface area is 99.8 Å². The Morgan fingerprint density at radius 3 is 2.62 bits per heavy atom. The minimum atomic E-state index is 0.365. The molecule has 0 aromatic rings. The fraction of sp³-hybridized carbons (Fsp3) is 1.00. The van der Waals surface area contributed by atoms with Crippen LogP contribution in [-0.2, 0) is 0 Å². The molecule has 0 radical (unpaired) electrons. The van der Waals surface area contributed by atoms with Crippen molar-refractivity contribution in [2.45, 2.75) is 64.3 Å². The zero-order valence-electron chi connectivity index (χ0n) is 10.7. The number of hydrogen-bond acceptors (Lipinski definition) is 2. The summed E-state index contributed by atoms with van der Waals surface area (Å²) in [5, 5.41) is 12.9. The second-order valence-electron chi connectivity index (χ2n) is 5.99. The zero-order valence-corrected chi connectivity index (χ0v) is 10.7. The third-order valence-corrected chi connectivity index (χ3v) is 4.94. The number of rotatable bonds is 6. The molecule has 2 nitrogen and oxygen atoms in total. The molecule has 0 amide bonds. The molecule has 0 spiro atoms. The number of aliphatic hydroxyl groups excluding tert-OH is 1. The first-order valence-electron chi connectivity index (χ1n) is 7.12. The van der Waals surface area contributed by atoms with E-state index in [1.807, 2.05) is 0 Å². The van der Waals surface area contributed by atoms with Crippen LogP contribution in [0.1, 0.15) is 58.3 Å². The van der Waals surface area contributed by atoms with Gasteiger partial charge >= 0.3 is 0 Å². The summed E-state index contributed by atoms with van der Waals surface area (Å²) in [6.07, 6.45) is 10.5. The van der Waals surface area contributed by atoms with Gasteiger partial charge in [-0.3, -0.25) is 0 Å². The summed E-state index contributed by atoms with van der Waals surface area (Å²) >= 11 is 0. The first kappa shape index (κ1) is 12.4. The Hall–Kier alpha value is -0.0800.